The Balaban J connectivity index is 1.40. The van der Waals surface area contributed by atoms with E-state index in [0.717, 1.165) is 9.77 Å². The number of rotatable bonds is 10. The molecule has 0 saturated carbocycles. The molecule has 4 rings (SSSR count). The van der Waals surface area contributed by atoms with Gasteiger partial charge in [-0.2, -0.15) is 0 Å². The van der Waals surface area contributed by atoms with Crippen molar-refractivity contribution in [2.75, 3.05) is 16.4 Å². The molecule has 0 radical (unpaired) electrons. The van der Waals surface area contributed by atoms with Crippen molar-refractivity contribution in [1.82, 2.24) is 5.32 Å². The van der Waals surface area contributed by atoms with Crippen molar-refractivity contribution in [3.63, 3.8) is 0 Å². The van der Waals surface area contributed by atoms with E-state index in [1.807, 2.05) is 17.5 Å². The molecule has 1 heterocycles. The van der Waals surface area contributed by atoms with Crippen LogP contribution in [0.3, 0.4) is 0 Å². The van der Waals surface area contributed by atoms with Crippen LogP contribution < -0.4 is 16.0 Å². The molecule has 0 atom stereocenters. The van der Waals surface area contributed by atoms with Crippen LogP contribution in [-0.2, 0) is 9.59 Å². The number of carboxylic acid groups (broad SMARTS) is 1. The van der Waals surface area contributed by atoms with E-state index in [1.54, 1.807) is 72.8 Å². The standard InChI is InChI=1S/C29H23N3O5S2/c33-26(30-21-10-4-9-20(15-21)29(36)37)18-39-23-12-5-11-22(16-23)31-28(35)25(17-24-13-6-14-38-24)32-27(34)19-7-2-1-3-8-19/h1-17H,18H2,(H,30,33)(H,31,35)(H,32,34)(H,36,37)/b25-17-. The molecule has 0 fully saturated rings. The number of thiophene rings is 1. The van der Waals surface area contributed by atoms with Crippen LogP contribution in [0.5, 0.6) is 0 Å². The summed E-state index contributed by atoms with van der Waals surface area (Å²) in [6, 6.07) is 25.3. The minimum absolute atomic E-state index is 0.0748. The van der Waals surface area contributed by atoms with E-state index in [-0.39, 0.29) is 22.9 Å². The average Bonchev–Trinajstić information content (AvgIpc) is 3.45. The minimum Gasteiger partial charge on any atom is -0.478 e. The lowest BCUT2D eigenvalue weighted by Crippen LogP contribution is -2.30. The molecule has 0 saturated heterocycles. The van der Waals surface area contributed by atoms with Gasteiger partial charge in [-0.05, 0) is 66.1 Å². The Kier molecular flexibility index (Phi) is 9.28. The summed E-state index contributed by atoms with van der Waals surface area (Å²) in [4.78, 5) is 50.9. The highest BCUT2D eigenvalue weighted by atomic mass is 32.2. The zero-order chi connectivity index (χ0) is 27.6. The number of carbonyl (C=O) groups is 4. The minimum atomic E-state index is -1.08. The quantitative estimate of drug-likeness (QED) is 0.149. The van der Waals surface area contributed by atoms with Crippen LogP contribution in [0.1, 0.15) is 25.6 Å². The summed E-state index contributed by atoms with van der Waals surface area (Å²) in [6.45, 7) is 0. The maximum atomic E-state index is 13.2. The summed E-state index contributed by atoms with van der Waals surface area (Å²) in [7, 11) is 0. The first kappa shape index (κ1) is 27.4. The number of amides is 3. The molecule has 3 aromatic carbocycles. The number of carboxylic acids is 1. The predicted octanol–water partition coefficient (Wildman–Crippen LogP) is 5.59. The summed E-state index contributed by atoms with van der Waals surface area (Å²) >= 11 is 2.69. The van der Waals surface area contributed by atoms with Gasteiger partial charge in [-0.15, -0.1) is 23.1 Å². The van der Waals surface area contributed by atoms with E-state index >= 15 is 0 Å². The van der Waals surface area contributed by atoms with E-state index in [2.05, 4.69) is 16.0 Å². The Hall–Kier alpha value is -4.67. The van der Waals surface area contributed by atoms with Crippen LogP contribution in [0, 0.1) is 0 Å². The maximum Gasteiger partial charge on any atom is 0.335 e. The lowest BCUT2D eigenvalue weighted by atomic mass is 10.2. The van der Waals surface area contributed by atoms with Gasteiger partial charge in [0.05, 0.1) is 11.3 Å². The van der Waals surface area contributed by atoms with Gasteiger partial charge in [0.1, 0.15) is 5.70 Å². The second-order valence-electron chi connectivity index (χ2n) is 8.10. The number of hydrogen-bond donors (Lipinski definition) is 4. The fraction of sp³-hybridized carbons (Fsp3) is 0.0345. The highest BCUT2D eigenvalue weighted by Crippen LogP contribution is 2.23. The molecule has 196 valence electrons. The number of thioether (sulfide) groups is 1. The van der Waals surface area contributed by atoms with Crippen LogP contribution in [0.2, 0.25) is 0 Å². The molecular weight excluding hydrogens is 534 g/mol. The molecular formula is C29H23N3O5S2. The number of hydrogen-bond acceptors (Lipinski definition) is 6. The topological polar surface area (TPSA) is 125 Å². The van der Waals surface area contributed by atoms with E-state index in [0.29, 0.717) is 16.9 Å². The smallest absolute Gasteiger partial charge is 0.335 e. The number of benzene rings is 3. The fourth-order valence-electron chi connectivity index (χ4n) is 3.40. The summed E-state index contributed by atoms with van der Waals surface area (Å²) in [5, 5.41) is 19.2. The summed E-state index contributed by atoms with van der Waals surface area (Å²) < 4.78 is 0. The first-order valence-electron chi connectivity index (χ1n) is 11.7. The van der Waals surface area contributed by atoms with Gasteiger partial charge in [0.15, 0.2) is 0 Å². The zero-order valence-corrected chi connectivity index (χ0v) is 22.1. The SMILES string of the molecule is O=C(CSc1cccc(NC(=O)/C(=C/c2cccs2)NC(=O)c2ccccc2)c1)Nc1cccc(C(=O)O)c1. The highest BCUT2D eigenvalue weighted by Gasteiger charge is 2.16. The van der Waals surface area contributed by atoms with Crippen LogP contribution in [-0.4, -0.2) is 34.6 Å². The Bertz CT molecular complexity index is 1520. The number of aromatic carboxylic acids is 1. The van der Waals surface area contributed by atoms with Gasteiger partial charge in [-0.25, -0.2) is 4.79 Å². The van der Waals surface area contributed by atoms with E-state index < -0.39 is 17.8 Å². The second-order valence-corrected chi connectivity index (χ2v) is 10.1. The molecule has 1 aromatic heterocycles. The Morgan fingerprint density at radius 2 is 1.51 bits per heavy atom. The molecule has 3 amide bonds. The largest absolute Gasteiger partial charge is 0.478 e. The Labute approximate surface area is 232 Å². The molecule has 0 aliphatic rings. The molecule has 0 spiro atoms. The predicted molar refractivity (Wildman–Crippen MR) is 154 cm³/mol. The molecule has 4 aromatic rings. The van der Waals surface area contributed by atoms with Crippen LogP contribution in [0.4, 0.5) is 11.4 Å². The fourth-order valence-corrected chi connectivity index (χ4v) is 4.81. The van der Waals surface area contributed by atoms with Crippen LogP contribution >= 0.6 is 23.1 Å². The van der Waals surface area contributed by atoms with Crippen molar-refractivity contribution in [2.45, 2.75) is 4.90 Å². The molecule has 0 bridgehead atoms. The normalized spacial score (nSPS) is 10.9. The highest BCUT2D eigenvalue weighted by molar-refractivity contribution is 8.00. The van der Waals surface area contributed by atoms with E-state index in [1.165, 1.54) is 35.2 Å². The molecule has 0 unspecified atom stereocenters. The monoisotopic (exact) mass is 557 g/mol. The summed E-state index contributed by atoms with van der Waals surface area (Å²) in [5.74, 6) is -2.21. The van der Waals surface area contributed by atoms with Gasteiger partial charge in [0, 0.05) is 26.7 Å². The third-order valence-corrected chi connectivity index (χ3v) is 7.03. The lowest BCUT2D eigenvalue weighted by Gasteiger charge is -2.12. The van der Waals surface area contributed by atoms with Crippen molar-refractivity contribution in [2.24, 2.45) is 0 Å². The van der Waals surface area contributed by atoms with Crippen molar-refractivity contribution in [1.29, 1.82) is 0 Å². The van der Waals surface area contributed by atoms with Crippen molar-refractivity contribution in [3.05, 3.63) is 118 Å². The van der Waals surface area contributed by atoms with Crippen LogP contribution in [0.15, 0.2) is 107 Å². The maximum absolute atomic E-state index is 13.2. The zero-order valence-electron chi connectivity index (χ0n) is 20.4. The van der Waals surface area contributed by atoms with Gasteiger partial charge in [0.2, 0.25) is 5.91 Å². The van der Waals surface area contributed by atoms with Gasteiger partial charge in [-0.1, -0.05) is 36.4 Å². The summed E-state index contributed by atoms with van der Waals surface area (Å²) in [6.07, 6.45) is 1.61. The van der Waals surface area contributed by atoms with Crippen molar-refractivity contribution >= 4 is 64.2 Å². The van der Waals surface area contributed by atoms with Gasteiger partial charge in [-0.3, -0.25) is 14.4 Å². The third kappa shape index (κ3) is 8.16. The van der Waals surface area contributed by atoms with Gasteiger partial charge >= 0.3 is 5.97 Å². The molecule has 0 aliphatic carbocycles. The lowest BCUT2D eigenvalue weighted by molar-refractivity contribution is -0.114. The first-order valence-corrected chi connectivity index (χ1v) is 13.5. The van der Waals surface area contributed by atoms with Crippen molar-refractivity contribution in [3.8, 4) is 0 Å². The number of anilines is 2. The molecule has 8 nitrogen and oxygen atoms in total. The molecule has 10 heteroatoms. The van der Waals surface area contributed by atoms with Gasteiger partial charge in [0.25, 0.3) is 11.8 Å². The average molecular weight is 558 g/mol. The molecule has 4 N–H and O–H groups in total. The van der Waals surface area contributed by atoms with E-state index in [9.17, 15) is 19.2 Å². The Morgan fingerprint density at radius 3 is 2.23 bits per heavy atom. The first-order chi connectivity index (χ1) is 18.9. The van der Waals surface area contributed by atoms with Crippen LogP contribution in [0.25, 0.3) is 6.08 Å². The second kappa shape index (κ2) is 13.2. The van der Waals surface area contributed by atoms with E-state index in [4.69, 9.17) is 5.11 Å². The number of carbonyl (C=O) groups excluding carboxylic acids is 3. The molecule has 39 heavy (non-hydrogen) atoms. The van der Waals surface area contributed by atoms with Crippen molar-refractivity contribution < 1.29 is 24.3 Å². The third-order valence-electron chi connectivity index (χ3n) is 5.21. The number of nitrogens with one attached hydrogen (secondary N) is 3. The molecule has 0 aliphatic heterocycles. The van der Waals surface area contributed by atoms with Gasteiger partial charge < -0.3 is 21.1 Å². The Morgan fingerprint density at radius 1 is 0.795 bits per heavy atom. The summed E-state index contributed by atoms with van der Waals surface area (Å²) in [5.41, 5.74) is 1.48.